The van der Waals surface area contributed by atoms with Crippen LogP contribution >= 0.6 is 0 Å². The van der Waals surface area contributed by atoms with E-state index in [4.69, 9.17) is 15.2 Å². The quantitative estimate of drug-likeness (QED) is 0.722. The first-order valence-electron chi connectivity index (χ1n) is 5.08. The number of nitrogens with two attached hydrogens (primary N) is 1. The number of ether oxygens (including phenoxy) is 2. The summed E-state index contributed by atoms with van der Waals surface area (Å²) in [7, 11) is 1.55. The number of benzene rings is 1. The van der Waals surface area contributed by atoms with Crippen LogP contribution in [0.15, 0.2) is 18.2 Å². The topological polar surface area (TPSA) is 73.6 Å². The fourth-order valence-electron chi connectivity index (χ4n) is 1.16. The molecule has 3 N–H and O–H groups in total. The largest absolute Gasteiger partial charge is 0.489 e. The van der Waals surface area contributed by atoms with Crippen molar-refractivity contribution in [3.63, 3.8) is 0 Å². The molecule has 94 valence electrons. The summed E-state index contributed by atoms with van der Waals surface area (Å²) in [4.78, 5) is 11.1. The first kappa shape index (κ1) is 13.4. The van der Waals surface area contributed by atoms with Crippen LogP contribution in [-0.4, -0.2) is 32.8 Å². The molecule has 0 fully saturated rings. The second kappa shape index (κ2) is 6.82. The number of carbonyl (C=O) groups excluding carboxylic acids is 1. The third kappa shape index (κ3) is 4.38. The van der Waals surface area contributed by atoms with Gasteiger partial charge < -0.3 is 20.5 Å². The van der Waals surface area contributed by atoms with Crippen LogP contribution in [0.25, 0.3) is 0 Å². The van der Waals surface area contributed by atoms with Crippen molar-refractivity contribution >= 4 is 11.6 Å². The molecule has 0 bridgehead atoms. The molecule has 1 aromatic rings. The average molecular weight is 242 g/mol. The van der Waals surface area contributed by atoms with Crippen molar-refractivity contribution < 1.29 is 18.7 Å². The summed E-state index contributed by atoms with van der Waals surface area (Å²) in [5, 5.41) is 2.46. The summed E-state index contributed by atoms with van der Waals surface area (Å²) >= 11 is 0. The number of methoxy groups -OCH3 is 1. The Labute approximate surface area is 98.7 Å². The second-order valence-electron chi connectivity index (χ2n) is 3.23. The molecule has 0 aliphatic heterocycles. The van der Waals surface area contributed by atoms with Crippen molar-refractivity contribution in [3.05, 3.63) is 24.0 Å². The highest BCUT2D eigenvalue weighted by molar-refractivity contribution is 5.93. The predicted octanol–water partition coefficient (Wildman–Crippen LogP) is 0.748. The predicted molar refractivity (Wildman–Crippen MR) is 61.5 cm³/mol. The van der Waals surface area contributed by atoms with Gasteiger partial charge in [-0.1, -0.05) is 0 Å². The molecular weight excluding hydrogens is 227 g/mol. The minimum Gasteiger partial charge on any atom is -0.489 e. The van der Waals surface area contributed by atoms with E-state index in [1.165, 1.54) is 18.2 Å². The molecule has 5 nitrogen and oxygen atoms in total. The Morgan fingerprint density at radius 3 is 2.88 bits per heavy atom. The fraction of sp³-hybridized carbons (Fsp3) is 0.364. The van der Waals surface area contributed by atoms with Crippen molar-refractivity contribution in [2.75, 3.05) is 32.2 Å². The van der Waals surface area contributed by atoms with Gasteiger partial charge in [-0.05, 0) is 12.1 Å². The molecule has 0 unspecified atom stereocenters. The van der Waals surface area contributed by atoms with Crippen LogP contribution in [0, 0.1) is 5.82 Å². The van der Waals surface area contributed by atoms with E-state index in [0.717, 1.165) is 0 Å². The Kier molecular flexibility index (Phi) is 5.38. The molecule has 1 rings (SSSR count). The van der Waals surface area contributed by atoms with Gasteiger partial charge in [0.05, 0.1) is 18.8 Å². The van der Waals surface area contributed by atoms with Crippen molar-refractivity contribution in [1.82, 2.24) is 0 Å². The zero-order chi connectivity index (χ0) is 12.7. The summed E-state index contributed by atoms with van der Waals surface area (Å²) in [5.74, 6) is -0.492. The van der Waals surface area contributed by atoms with Gasteiger partial charge in [0.2, 0.25) is 5.91 Å². The lowest BCUT2D eigenvalue weighted by Gasteiger charge is -2.11. The van der Waals surface area contributed by atoms with Gasteiger partial charge in [0.15, 0.2) is 0 Å². The number of halogens is 1. The number of amides is 1. The molecule has 0 radical (unpaired) electrons. The van der Waals surface area contributed by atoms with Crippen LogP contribution in [0.4, 0.5) is 10.1 Å². The molecule has 1 amide bonds. The van der Waals surface area contributed by atoms with Crippen molar-refractivity contribution in [3.8, 4) is 5.75 Å². The van der Waals surface area contributed by atoms with Gasteiger partial charge in [-0.25, -0.2) is 4.39 Å². The van der Waals surface area contributed by atoms with Crippen LogP contribution in [0.3, 0.4) is 0 Å². The standard InChI is InChI=1S/C11H15FN2O3/c1-16-4-5-17-10-3-2-8(12)6-9(10)14-11(15)7-13/h2-3,6H,4-5,7,13H2,1H3,(H,14,15). The highest BCUT2D eigenvalue weighted by atomic mass is 19.1. The SMILES string of the molecule is COCCOc1ccc(F)cc1NC(=O)CN. The summed E-state index contributed by atoms with van der Waals surface area (Å²) in [6.45, 7) is 0.545. The highest BCUT2D eigenvalue weighted by Crippen LogP contribution is 2.25. The number of hydrogen-bond acceptors (Lipinski definition) is 4. The van der Waals surface area contributed by atoms with E-state index in [0.29, 0.717) is 19.0 Å². The zero-order valence-corrected chi connectivity index (χ0v) is 9.53. The molecule has 0 aliphatic carbocycles. The van der Waals surface area contributed by atoms with E-state index in [1.807, 2.05) is 0 Å². The minimum absolute atomic E-state index is 0.173. The minimum atomic E-state index is -0.462. The van der Waals surface area contributed by atoms with Crippen molar-refractivity contribution in [2.24, 2.45) is 5.73 Å². The molecule has 0 aliphatic rings. The number of nitrogens with one attached hydrogen (secondary N) is 1. The number of hydrogen-bond donors (Lipinski definition) is 2. The molecule has 0 aromatic heterocycles. The lowest BCUT2D eigenvalue weighted by Crippen LogP contribution is -2.22. The van der Waals surface area contributed by atoms with Gasteiger partial charge in [0, 0.05) is 13.2 Å². The number of anilines is 1. The van der Waals surface area contributed by atoms with Crippen LogP contribution in [0.2, 0.25) is 0 Å². The van der Waals surface area contributed by atoms with Crippen LogP contribution < -0.4 is 15.8 Å². The highest BCUT2D eigenvalue weighted by Gasteiger charge is 2.08. The van der Waals surface area contributed by atoms with Gasteiger partial charge in [-0.3, -0.25) is 4.79 Å². The Bertz CT molecular complexity index is 385. The van der Waals surface area contributed by atoms with E-state index in [1.54, 1.807) is 7.11 Å². The van der Waals surface area contributed by atoms with Gasteiger partial charge in [0.25, 0.3) is 0 Å². The summed E-state index contributed by atoms with van der Waals surface area (Å²) in [5.41, 5.74) is 5.42. The molecule has 17 heavy (non-hydrogen) atoms. The molecular formula is C11H15FN2O3. The maximum absolute atomic E-state index is 13.0. The molecule has 1 aromatic carbocycles. The fourth-order valence-corrected chi connectivity index (χ4v) is 1.16. The van der Waals surface area contributed by atoms with E-state index < -0.39 is 11.7 Å². The van der Waals surface area contributed by atoms with E-state index >= 15 is 0 Å². The smallest absolute Gasteiger partial charge is 0.238 e. The third-order valence-electron chi connectivity index (χ3n) is 1.95. The Morgan fingerprint density at radius 1 is 1.47 bits per heavy atom. The van der Waals surface area contributed by atoms with E-state index in [2.05, 4.69) is 5.32 Å². The molecule has 0 saturated carbocycles. The normalized spacial score (nSPS) is 10.1. The lowest BCUT2D eigenvalue weighted by atomic mass is 10.2. The zero-order valence-electron chi connectivity index (χ0n) is 9.53. The third-order valence-corrected chi connectivity index (χ3v) is 1.95. The van der Waals surface area contributed by atoms with Crippen molar-refractivity contribution in [2.45, 2.75) is 0 Å². The average Bonchev–Trinajstić information content (AvgIpc) is 2.32. The Hall–Kier alpha value is -1.66. The molecule has 0 heterocycles. The Balaban J connectivity index is 2.76. The van der Waals surface area contributed by atoms with Gasteiger partial charge in [-0.15, -0.1) is 0 Å². The van der Waals surface area contributed by atoms with Crippen LogP contribution in [0.1, 0.15) is 0 Å². The summed E-state index contributed by atoms with van der Waals surface area (Å²) in [6.07, 6.45) is 0. The Morgan fingerprint density at radius 2 is 2.24 bits per heavy atom. The maximum Gasteiger partial charge on any atom is 0.238 e. The van der Waals surface area contributed by atoms with Crippen LogP contribution in [0.5, 0.6) is 5.75 Å². The van der Waals surface area contributed by atoms with Crippen molar-refractivity contribution in [1.29, 1.82) is 0 Å². The van der Waals surface area contributed by atoms with Gasteiger partial charge in [-0.2, -0.15) is 0 Å². The molecule has 0 spiro atoms. The van der Waals surface area contributed by atoms with Crippen LogP contribution in [-0.2, 0) is 9.53 Å². The lowest BCUT2D eigenvalue weighted by molar-refractivity contribution is -0.114. The maximum atomic E-state index is 13.0. The van der Waals surface area contributed by atoms with E-state index in [-0.39, 0.29) is 12.2 Å². The monoisotopic (exact) mass is 242 g/mol. The summed E-state index contributed by atoms with van der Waals surface area (Å²) < 4.78 is 23.2. The van der Waals surface area contributed by atoms with E-state index in [9.17, 15) is 9.18 Å². The first-order chi connectivity index (χ1) is 8.17. The van der Waals surface area contributed by atoms with Gasteiger partial charge >= 0.3 is 0 Å². The second-order valence-corrected chi connectivity index (χ2v) is 3.23. The molecule has 6 heteroatoms. The number of carbonyl (C=O) groups is 1. The summed E-state index contributed by atoms with van der Waals surface area (Å²) in [6, 6.07) is 3.87. The van der Waals surface area contributed by atoms with Gasteiger partial charge in [0.1, 0.15) is 18.2 Å². The molecule has 0 atom stereocenters. The molecule has 0 saturated heterocycles. The number of rotatable bonds is 6. The first-order valence-corrected chi connectivity index (χ1v) is 5.08.